The Labute approximate surface area is 80.7 Å². The molecular formula is C11H20O2. The van der Waals surface area contributed by atoms with E-state index in [2.05, 4.69) is 13.8 Å². The van der Waals surface area contributed by atoms with Gasteiger partial charge in [-0.2, -0.15) is 0 Å². The van der Waals surface area contributed by atoms with E-state index < -0.39 is 0 Å². The Morgan fingerprint density at radius 3 is 2.85 bits per heavy atom. The summed E-state index contributed by atoms with van der Waals surface area (Å²) in [5.41, 5.74) is 0. The molecule has 1 aliphatic rings. The Morgan fingerprint density at radius 2 is 2.31 bits per heavy atom. The van der Waals surface area contributed by atoms with Crippen LogP contribution >= 0.6 is 0 Å². The maximum atomic E-state index is 11.2. The van der Waals surface area contributed by atoms with Gasteiger partial charge >= 0.3 is 0 Å². The van der Waals surface area contributed by atoms with Crippen LogP contribution in [0.15, 0.2) is 0 Å². The second-order valence-electron chi connectivity index (χ2n) is 4.31. The Hall–Kier alpha value is -0.370. The number of carbonyl (C=O) groups is 1. The minimum atomic E-state index is 0.312. The summed E-state index contributed by atoms with van der Waals surface area (Å²) in [6, 6.07) is 0. The van der Waals surface area contributed by atoms with Gasteiger partial charge in [0.15, 0.2) is 0 Å². The molecule has 0 spiro atoms. The van der Waals surface area contributed by atoms with Gasteiger partial charge in [0.2, 0.25) is 0 Å². The van der Waals surface area contributed by atoms with E-state index in [1.165, 1.54) is 0 Å². The van der Waals surface area contributed by atoms with Gasteiger partial charge in [-0.05, 0) is 25.2 Å². The molecule has 0 aromatic rings. The van der Waals surface area contributed by atoms with Crippen LogP contribution in [0.25, 0.3) is 0 Å². The summed E-state index contributed by atoms with van der Waals surface area (Å²) >= 11 is 0. The predicted molar refractivity (Wildman–Crippen MR) is 52.6 cm³/mol. The molecule has 0 aromatic carbocycles. The first kappa shape index (κ1) is 10.7. The maximum absolute atomic E-state index is 11.2. The fourth-order valence-electron chi connectivity index (χ4n) is 1.74. The Balaban J connectivity index is 2.02. The largest absolute Gasteiger partial charge is 0.381 e. The molecule has 0 radical (unpaired) electrons. The van der Waals surface area contributed by atoms with E-state index in [-0.39, 0.29) is 0 Å². The fourth-order valence-corrected chi connectivity index (χ4v) is 1.74. The maximum Gasteiger partial charge on any atom is 0.136 e. The summed E-state index contributed by atoms with van der Waals surface area (Å²) in [4.78, 5) is 11.2. The third-order valence-electron chi connectivity index (χ3n) is 2.49. The molecule has 1 unspecified atom stereocenters. The Morgan fingerprint density at radius 1 is 1.54 bits per heavy atom. The zero-order chi connectivity index (χ0) is 9.68. The third-order valence-corrected chi connectivity index (χ3v) is 2.49. The van der Waals surface area contributed by atoms with Crippen molar-refractivity contribution in [3.05, 3.63) is 0 Å². The summed E-state index contributed by atoms with van der Waals surface area (Å²) in [7, 11) is 0. The minimum Gasteiger partial charge on any atom is -0.381 e. The summed E-state index contributed by atoms with van der Waals surface area (Å²) < 4.78 is 5.45. The molecule has 0 saturated heterocycles. The van der Waals surface area contributed by atoms with Crippen molar-refractivity contribution in [2.45, 2.75) is 39.5 Å². The topological polar surface area (TPSA) is 26.3 Å². The lowest BCUT2D eigenvalue weighted by atomic mass is 10.0. The van der Waals surface area contributed by atoms with Crippen LogP contribution < -0.4 is 0 Å². The SMILES string of the molecule is CC(C)COCCC1CCCC1=O. The van der Waals surface area contributed by atoms with Gasteiger partial charge in [0.25, 0.3) is 0 Å². The average Bonchev–Trinajstić information content (AvgIpc) is 2.45. The van der Waals surface area contributed by atoms with Gasteiger partial charge in [-0.15, -0.1) is 0 Å². The number of ketones is 1. The highest BCUT2D eigenvalue weighted by atomic mass is 16.5. The summed E-state index contributed by atoms with van der Waals surface area (Å²) in [6.45, 7) is 5.86. The van der Waals surface area contributed by atoms with E-state index in [1.54, 1.807) is 0 Å². The van der Waals surface area contributed by atoms with E-state index in [4.69, 9.17) is 4.74 Å². The van der Waals surface area contributed by atoms with E-state index in [1.807, 2.05) is 0 Å². The fraction of sp³-hybridized carbons (Fsp3) is 0.909. The van der Waals surface area contributed by atoms with E-state index in [0.717, 1.165) is 38.9 Å². The van der Waals surface area contributed by atoms with Crippen molar-refractivity contribution < 1.29 is 9.53 Å². The smallest absolute Gasteiger partial charge is 0.136 e. The van der Waals surface area contributed by atoms with Gasteiger partial charge < -0.3 is 4.74 Å². The van der Waals surface area contributed by atoms with Crippen molar-refractivity contribution in [1.29, 1.82) is 0 Å². The molecule has 1 saturated carbocycles. The zero-order valence-electron chi connectivity index (χ0n) is 8.71. The van der Waals surface area contributed by atoms with Crippen LogP contribution in [0.3, 0.4) is 0 Å². The number of rotatable bonds is 5. The molecule has 0 aliphatic heterocycles. The highest BCUT2D eigenvalue weighted by Gasteiger charge is 2.23. The number of Topliss-reactive ketones (excluding diaryl/α,β-unsaturated/α-hetero) is 1. The van der Waals surface area contributed by atoms with Crippen molar-refractivity contribution in [2.24, 2.45) is 11.8 Å². The standard InChI is InChI=1S/C11H20O2/c1-9(2)8-13-7-6-10-4-3-5-11(10)12/h9-10H,3-8H2,1-2H3. The second kappa shape index (κ2) is 5.38. The second-order valence-corrected chi connectivity index (χ2v) is 4.31. The van der Waals surface area contributed by atoms with Crippen LogP contribution in [0.2, 0.25) is 0 Å². The van der Waals surface area contributed by atoms with Gasteiger partial charge in [-0.3, -0.25) is 4.79 Å². The Bertz CT molecular complexity index is 163. The first-order chi connectivity index (χ1) is 6.20. The monoisotopic (exact) mass is 184 g/mol. The lowest BCUT2D eigenvalue weighted by Crippen LogP contribution is -2.11. The molecule has 0 bridgehead atoms. The molecule has 0 N–H and O–H groups in total. The summed E-state index contributed by atoms with van der Waals surface area (Å²) in [5, 5.41) is 0. The van der Waals surface area contributed by atoms with Crippen LogP contribution in [0, 0.1) is 11.8 Å². The number of ether oxygens (including phenoxy) is 1. The molecule has 0 amide bonds. The molecule has 13 heavy (non-hydrogen) atoms. The quantitative estimate of drug-likeness (QED) is 0.613. The first-order valence-electron chi connectivity index (χ1n) is 5.30. The van der Waals surface area contributed by atoms with E-state index in [0.29, 0.717) is 17.6 Å². The van der Waals surface area contributed by atoms with Crippen molar-refractivity contribution in [2.75, 3.05) is 13.2 Å². The van der Waals surface area contributed by atoms with Crippen LogP contribution in [-0.2, 0) is 9.53 Å². The molecule has 76 valence electrons. The normalized spacial score (nSPS) is 23.0. The molecular weight excluding hydrogens is 164 g/mol. The van der Waals surface area contributed by atoms with Crippen molar-refractivity contribution in [1.82, 2.24) is 0 Å². The van der Waals surface area contributed by atoms with Gasteiger partial charge in [0, 0.05) is 25.6 Å². The van der Waals surface area contributed by atoms with Gasteiger partial charge in [0.05, 0.1) is 0 Å². The van der Waals surface area contributed by atoms with E-state index >= 15 is 0 Å². The van der Waals surface area contributed by atoms with Crippen molar-refractivity contribution >= 4 is 5.78 Å². The lowest BCUT2D eigenvalue weighted by molar-refractivity contribution is -0.121. The predicted octanol–water partition coefficient (Wildman–Crippen LogP) is 2.42. The zero-order valence-corrected chi connectivity index (χ0v) is 8.71. The highest BCUT2D eigenvalue weighted by Crippen LogP contribution is 2.23. The van der Waals surface area contributed by atoms with Crippen LogP contribution in [0.1, 0.15) is 39.5 Å². The molecule has 0 aromatic heterocycles. The van der Waals surface area contributed by atoms with Crippen molar-refractivity contribution in [3.63, 3.8) is 0 Å². The lowest BCUT2D eigenvalue weighted by Gasteiger charge is -2.09. The van der Waals surface area contributed by atoms with E-state index in [9.17, 15) is 4.79 Å². The van der Waals surface area contributed by atoms with Gasteiger partial charge in [-0.25, -0.2) is 0 Å². The summed E-state index contributed by atoms with van der Waals surface area (Å²) in [6.07, 6.45) is 3.91. The minimum absolute atomic E-state index is 0.312. The van der Waals surface area contributed by atoms with Gasteiger partial charge in [0.1, 0.15) is 5.78 Å². The van der Waals surface area contributed by atoms with Gasteiger partial charge in [-0.1, -0.05) is 13.8 Å². The first-order valence-corrected chi connectivity index (χ1v) is 5.30. The molecule has 1 fully saturated rings. The molecule has 1 atom stereocenters. The molecule has 1 rings (SSSR count). The third kappa shape index (κ3) is 3.90. The highest BCUT2D eigenvalue weighted by molar-refractivity contribution is 5.82. The molecule has 2 nitrogen and oxygen atoms in total. The number of hydrogen-bond acceptors (Lipinski definition) is 2. The van der Waals surface area contributed by atoms with Crippen LogP contribution in [-0.4, -0.2) is 19.0 Å². The van der Waals surface area contributed by atoms with Crippen LogP contribution in [0.4, 0.5) is 0 Å². The molecule has 2 heteroatoms. The average molecular weight is 184 g/mol. The van der Waals surface area contributed by atoms with Crippen molar-refractivity contribution in [3.8, 4) is 0 Å². The molecule has 0 heterocycles. The van der Waals surface area contributed by atoms with Crippen LogP contribution in [0.5, 0.6) is 0 Å². The summed E-state index contributed by atoms with van der Waals surface area (Å²) in [5.74, 6) is 1.36. The number of carbonyl (C=O) groups excluding carboxylic acids is 1. The number of hydrogen-bond donors (Lipinski definition) is 0. The Kier molecular flexibility index (Phi) is 4.43. The molecule has 1 aliphatic carbocycles.